The lowest BCUT2D eigenvalue weighted by atomic mass is 10.1. The van der Waals surface area contributed by atoms with Crippen LogP contribution in [0.1, 0.15) is 0 Å². The summed E-state index contributed by atoms with van der Waals surface area (Å²) in [5.41, 5.74) is 7.71. The van der Waals surface area contributed by atoms with Crippen molar-refractivity contribution >= 4 is 43.6 Å². The van der Waals surface area contributed by atoms with Crippen LogP contribution in [-0.2, 0) is 0 Å². The van der Waals surface area contributed by atoms with Crippen LogP contribution >= 0.6 is 0 Å². The zero-order chi connectivity index (χ0) is 25.1. The monoisotopic (exact) mass is 486 g/mol. The van der Waals surface area contributed by atoms with E-state index in [0.717, 1.165) is 33.7 Å². The highest BCUT2D eigenvalue weighted by Gasteiger charge is 2.16. The van der Waals surface area contributed by atoms with E-state index in [-0.39, 0.29) is 0 Å². The molecule has 8 aromatic rings. The van der Waals surface area contributed by atoms with Crippen molar-refractivity contribution in [2.75, 3.05) is 0 Å². The minimum atomic E-state index is 0.728. The molecule has 0 saturated carbocycles. The van der Waals surface area contributed by atoms with E-state index in [1.54, 1.807) is 0 Å². The average molecular weight is 487 g/mol. The number of hydrogen-bond donors (Lipinski definition) is 0. The summed E-state index contributed by atoms with van der Waals surface area (Å²) in [6.07, 6.45) is 4.06. The summed E-state index contributed by atoms with van der Waals surface area (Å²) in [6, 6.07) is 42.6. The van der Waals surface area contributed by atoms with Gasteiger partial charge in [0.05, 0.1) is 22.1 Å². The molecule has 0 bridgehead atoms. The Hall–Kier alpha value is -5.22. The fourth-order valence-electron chi connectivity index (χ4n) is 5.59. The molecule has 4 heteroatoms. The molecule has 3 aromatic heterocycles. The summed E-state index contributed by atoms with van der Waals surface area (Å²) in [6.45, 7) is 0. The van der Waals surface area contributed by atoms with Gasteiger partial charge >= 0.3 is 0 Å². The highest BCUT2D eigenvalue weighted by Crippen LogP contribution is 2.36. The lowest BCUT2D eigenvalue weighted by Gasteiger charge is -2.11. The molecule has 0 saturated heterocycles. The smallest absolute Gasteiger partial charge is 0.159 e. The van der Waals surface area contributed by atoms with Crippen molar-refractivity contribution < 1.29 is 0 Å². The van der Waals surface area contributed by atoms with Crippen LogP contribution in [0.2, 0.25) is 0 Å². The van der Waals surface area contributed by atoms with Crippen LogP contribution in [0.25, 0.3) is 66.4 Å². The van der Waals surface area contributed by atoms with E-state index in [0.29, 0.717) is 0 Å². The van der Waals surface area contributed by atoms with Crippen LogP contribution in [-0.4, -0.2) is 19.1 Å². The molecule has 38 heavy (non-hydrogen) atoms. The molecule has 0 N–H and O–H groups in total. The van der Waals surface area contributed by atoms with Crippen LogP contribution in [0.4, 0.5) is 0 Å². The predicted octanol–water partition coefficient (Wildman–Crippen LogP) is 8.34. The van der Waals surface area contributed by atoms with Crippen molar-refractivity contribution in [3.63, 3.8) is 0 Å². The number of benzene rings is 5. The van der Waals surface area contributed by atoms with E-state index in [9.17, 15) is 0 Å². The molecule has 178 valence electrons. The van der Waals surface area contributed by atoms with Crippen molar-refractivity contribution in [1.29, 1.82) is 0 Å². The van der Waals surface area contributed by atoms with Gasteiger partial charge in [0.25, 0.3) is 0 Å². The summed E-state index contributed by atoms with van der Waals surface area (Å²) in [7, 11) is 0. The quantitative estimate of drug-likeness (QED) is 0.252. The molecule has 0 atom stereocenters. The first-order valence-electron chi connectivity index (χ1n) is 12.8. The van der Waals surface area contributed by atoms with E-state index in [1.165, 1.54) is 32.7 Å². The highest BCUT2D eigenvalue weighted by atomic mass is 15.0. The summed E-state index contributed by atoms with van der Waals surface area (Å²) in [5.74, 6) is 0.728. The minimum absolute atomic E-state index is 0.728. The number of para-hydroxylation sites is 3. The molecule has 0 fully saturated rings. The Labute approximate surface area is 219 Å². The second-order valence-corrected chi connectivity index (χ2v) is 9.60. The van der Waals surface area contributed by atoms with E-state index >= 15 is 0 Å². The first-order chi connectivity index (χ1) is 18.8. The SMILES string of the molecule is c1ccc(-n2ccc3cc4c5ccccc5n(-c5cccc(-c6ncc7ccccc7n6)c5)c4cc32)cc1. The lowest BCUT2D eigenvalue weighted by molar-refractivity contribution is 1.12. The second-order valence-electron chi connectivity index (χ2n) is 9.60. The van der Waals surface area contributed by atoms with Gasteiger partial charge in [0.2, 0.25) is 0 Å². The molecular weight excluding hydrogens is 464 g/mol. The summed E-state index contributed by atoms with van der Waals surface area (Å²) in [5, 5.41) is 4.75. The first-order valence-corrected chi connectivity index (χ1v) is 12.8. The van der Waals surface area contributed by atoms with Gasteiger partial charge in [-0.1, -0.05) is 66.7 Å². The predicted molar refractivity (Wildman–Crippen MR) is 156 cm³/mol. The molecule has 0 spiro atoms. The van der Waals surface area contributed by atoms with E-state index in [2.05, 4.69) is 117 Å². The summed E-state index contributed by atoms with van der Waals surface area (Å²) in [4.78, 5) is 9.53. The van der Waals surface area contributed by atoms with Gasteiger partial charge in [-0.25, -0.2) is 9.97 Å². The van der Waals surface area contributed by atoms with E-state index in [1.807, 2.05) is 30.5 Å². The van der Waals surface area contributed by atoms with Gasteiger partial charge in [-0.3, -0.25) is 0 Å². The standard InChI is InChI=1S/C34H22N4/c1-2-11-26(12-3-1)37-18-17-23-20-29-28-14-5-7-16-31(28)38(33(29)21-32(23)37)27-13-8-10-24(19-27)34-35-22-25-9-4-6-15-30(25)36-34/h1-22H. The Morgan fingerprint density at radius 1 is 0.526 bits per heavy atom. The lowest BCUT2D eigenvalue weighted by Crippen LogP contribution is -1.96. The largest absolute Gasteiger partial charge is 0.316 e. The van der Waals surface area contributed by atoms with Gasteiger partial charge in [0, 0.05) is 50.9 Å². The van der Waals surface area contributed by atoms with Gasteiger partial charge in [-0.05, 0) is 54.6 Å². The van der Waals surface area contributed by atoms with Crippen molar-refractivity contribution in [3.05, 3.63) is 134 Å². The highest BCUT2D eigenvalue weighted by molar-refractivity contribution is 6.13. The molecule has 3 heterocycles. The van der Waals surface area contributed by atoms with Crippen LogP contribution in [0.15, 0.2) is 134 Å². The second kappa shape index (κ2) is 8.15. The summed E-state index contributed by atoms with van der Waals surface area (Å²) >= 11 is 0. The molecule has 4 nitrogen and oxygen atoms in total. The number of rotatable bonds is 3. The van der Waals surface area contributed by atoms with Crippen LogP contribution in [0.5, 0.6) is 0 Å². The fraction of sp³-hybridized carbons (Fsp3) is 0. The fourth-order valence-corrected chi connectivity index (χ4v) is 5.59. The molecule has 0 amide bonds. The van der Waals surface area contributed by atoms with Gasteiger partial charge in [0.1, 0.15) is 0 Å². The number of hydrogen-bond acceptors (Lipinski definition) is 2. The molecular formula is C34H22N4. The van der Waals surface area contributed by atoms with Gasteiger partial charge in [0.15, 0.2) is 5.82 Å². The molecule has 5 aromatic carbocycles. The van der Waals surface area contributed by atoms with Crippen LogP contribution in [0.3, 0.4) is 0 Å². The van der Waals surface area contributed by atoms with Crippen molar-refractivity contribution in [1.82, 2.24) is 19.1 Å². The number of aromatic nitrogens is 4. The number of nitrogens with zero attached hydrogens (tertiary/aromatic N) is 4. The zero-order valence-electron chi connectivity index (χ0n) is 20.5. The van der Waals surface area contributed by atoms with Crippen LogP contribution in [0, 0.1) is 0 Å². The molecule has 0 aliphatic heterocycles. The summed E-state index contributed by atoms with van der Waals surface area (Å²) < 4.78 is 4.62. The zero-order valence-corrected chi connectivity index (χ0v) is 20.5. The van der Waals surface area contributed by atoms with Gasteiger partial charge < -0.3 is 9.13 Å². The normalized spacial score (nSPS) is 11.7. The Morgan fingerprint density at radius 2 is 1.34 bits per heavy atom. The Morgan fingerprint density at radius 3 is 2.29 bits per heavy atom. The topological polar surface area (TPSA) is 35.6 Å². The van der Waals surface area contributed by atoms with E-state index < -0.39 is 0 Å². The van der Waals surface area contributed by atoms with Crippen molar-refractivity contribution in [2.24, 2.45) is 0 Å². The maximum Gasteiger partial charge on any atom is 0.159 e. The molecule has 0 radical (unpaired) electrons. The number of fused-ring (bicyclic) bond motifs is 5. The van der Waals surface area contributed by atoms with Crippen LogP contribution < -0.4 is 0 Å². The Bertz CT molecular complexity index is 2130. The van der Waals surface area contributed by atoms with Crippen molar-refractivity contribution in [2.45, 2.75) is 0 Å². The van der Waals surface area contributed by atoms with Gasteiger partial charge in [-0.15, -0.1) is 0 Å². The third-order valence-corrected chi connectivity index (χ3v) is 7.37. The minimum Gasteiger partial charge on any atom is -0.316 e. The maximum atomic E-state index is 4.85. The Balaban J connectivity index is 1.38. The van der Waals surface area contributed by atoms with Crippen molar-refractivity contribution in [3.8, 4) is 22.8 Å². The average Bonchev–Trinajstić information content (AvgIpc) is 3.55. The Kier molecular flexibility index (Phi) is 4.49. The molecule has 0 aliphatic rings. The third-order valence-electron chi connectivity index (χ3n) is 7.37. The third kappa shape index (κ3) is 3.17. The molecule has 0 aliphatic carbocycles. The first kappa shape index (κ1) is 20.9. The van der Waals surface area contributed by atoms with Gasteiger partial charge in [-0.2, -0.15) is 0 Å². The maximum absolute atomic E-state index is 4.85. The molecule has 8 rings (SSSR count). The molecule has 0 unspecified atom stereocenters. The van der Waals surface area contributed by atoms with E-state index in [4.69, 9.17) is 4.98 Å².